The maximum Gasteiger partial charge on any atom is 0.433 e. The van der Waals surface area contributed by atoms with Crippen LogP contribution in [0.15, 0.2) is 30.7 Å². The number of rotatable bonds is 7. The quantitative estimate of drug-likeness (QED) is 0.748. The van der Waals surface area contributed by atoms with E-state index < -0.39 is 23.1 Å². The van der Waals surface area contributed by atoms with Crippen molar-refractivity contribution in [2.75, 3.05) is 0 Å². The third-order valence-corrected chi connectivity index (χ3v) is 4.75. The van der Waals surface area contributed by atoms with Gasteiger partial charge in [0.25, 0.3) is 0 Å². The predicted molar refractivity (Wildman–Crippen MR) is 96.7 cm³/mol. The Morgan fingerprint density at radius 2 is 1.85 bits per heavy atom. The number of alkyl halides is 3. The number of nitrogens with zero attached hydrogens (tertiary/aromatic N) is 3. The molecule has 2 aromatic rings. The van der Waals surface area contributed by atoms with Gasteiger partial charge >= 0.3 is 13.7 Å². The predicted octanol–water partition coefficient (Wildman–Crippen LogP) is 3.11. The van der Waals surface area contributed by atoms with Gasteiger partial charge in [0.1, 0.15) is 5.69 Å². The van der Waals surface area contributed by atoms with E-state index in [4.69, 9.17) is 4.65 Å². The third-order valence-electron chi connectivity index (χ3n) is 4.75. The summed E-state index contributed by atoms with van der Waals surface area (Å²) in [5.41, 5.74) is -1.45. The normalized spacial score (nSPS) is 14.3. The van der Waals surface area contributed by atoms with Crippen molar-refractivity contribution in [1.82, 2.24) is 14.8 Å². The van der Waals surface area contributed by atoms with Gasteiger partial charge in [0.2, 0.25) is 0 Å². The molecule has 0 bridgehead atoms. The highest BCUT2D eigenvalue weighted by Crippen LogP contribution is 2.29. The third kappa shape index (κ3) is 5.10. The molecule has 1 atom stereocenters. The standard InChI is InChI=1S/C18H24BF3N3O2/c1-6-14(12-7-8-15(23-9-12)18(20,21)22)25-11-13(10-24-25)19-27-17(4,5)16(2,3)26/h7-11,14,26H,6H2,1-5H3. The average molecular weight is 382 g/mol. The Morgan fingerprint density at radius 1 is 1.19 bits per heavy atom. The smallest absolute Gasteiger partial charge is 0.427 e. The molecule has 147 valence electrons. The molecular formula is C18H24BF3N3O2. The SMILES string of the molecule is CCC(c1ccc(C(F)(F)F)nc1)n1cc([B]OC(C)(C)C(C)(C)O)cn1. The molecule has 0 fully saturated rings. The van der Waals surface area contributed by atoms with Gasteiger partial charge in [-0.1, -0.05) is 13.0 Å². The van der Waals surface area contributed by atoms with Crippen LogP contribution in [0, 0.1) is 0 Å². The fourth-order valence-corrected chi connectivity index (χ4v) is 2.29. The van der Waals surface area contributed by atoms with Gasteiger partial charge in [0.05, 0.1) is 17.2 Å². The molecule has 1 unspecified atom stereocenters. The molecule has 0 saturated heterocycles. The molecule has 0 aliphatic rings. The van der Waals surface area contributed by atoms with Crippen molar-refractivity contribution in [1.29, 1.82) is 0 Å². The van der Waals surface area contributed by atoms with E-state index in [1.807, 2.05) is 6.92 Å². The molecule has 5 nitrogen and oxygen atoms in total. The number of hydrogen-bond acceptors (Lipinski definition) is 4. The fourth-order valence-electron chi connectivity index (χ4n) is 2.29. The molecule has 27 heavy (non-hydrogen) atoms. The van der Waals surface area contributed by atoms with E-state index in [9.17, 15) is 18.3 Å². The zero-order valence-electron chi connectivity index (χ0n) is 16.1. The van der Waals surface area contributed by atoms with Gasteiger partial charge in [-0.05, 0) is 51.2 Å². The van der Waals surface area contributed by atoms with Crippen LogP contribution < -0.4 is 5.46 Å². The molecule has 2 aromatic heterocycles. The minimum atomic E-state index is -4.46. The summed E-state index contributed by atoms with van der Waals surface area (Å²) >= 11 is 0. The largest absolute Gasteiger partial charge is 0.433 e. The lowest BCUT2D eigenvalue weighted by molar-refractivity contribution is -0.141. The number of aromatic nitrogens is 3. The Labute approximate surface area is 157 Å². The van der Waals surface area contributed by atoms with Crippen LogP contribution in [0.3, 0.4) is 0 Å². The van der Waals surface area contributed by atoms with Crippen molar-refractivity contribution in [2.45, 2.75) is 64.5 Å². The van der Waals surface area contributed by atoms with Crippen molar-refractivity contribution in [3.8, 4) is 0 Å². The van der Waals surface area contributed by atoms with Crippen molar-refractivity contribution in [2.24, 2.45) is 0 Å². The summed E-state index contributed by atoms with van der Waals surface area (Å²) < 4.78 is 45.4. The van der Waals surface area contributed by atoms with Crippen molar-refractivity contribution >= 4 is 12.9 Å². The summed E-state index contributed by atoms with van der Waals surface area (Å²) in [6.07, 6.45) is 0.742. The zero-order valence-corrected chi connectivity index (χ0v) is 16.1. The number of halogens is 3. The monoisotopic (exact) mass is 382 g/mol. The molecule has 0 aromatic carbocycles. The second-order valence-corrected chi connectivity index (χ2v) is 7.46. The van der Waals surface area contributed by atoms with Crippen LogP contribution in [-0.4, -0.2) is 38.6 Å². The van der Waals surface area contributed by atoms with E-state index in [-0.39, 0.29) is 6.04 Å². The molecule has 0 spiro atoms. The molecule has 0 aliphatic carbocycles. The van der Waals surface area contributed by atoms with Crippen molar-refractivity contribution in [3.63, 3.8) is 0 Å². The summed E-state index contributed by atoms with van der Waals surface area (Å²) in [6, 6.07) is 2.15. The number of pyridine rings is 1. The summed E-state index contributed by atoms with van der Waals surface area (Å²) in [4.78, 5) is 3.52. The van der Waals surface area contributed by atoms with Gasteiger partial charge in [-0.15, -0.1) is 0 Å². The Balaban J connectivity index is 2.13. The van der Waals surface area contributed by atoms with E-state index in [1.54, 1.807) is 44.8 Å². The van der Waals surface area contributed by atoms with Crippen LogP contribution in [0.1, 0.15) is 58.3 Å². The Hall–Kier alpha value is -1.87. The molecule has 9 heteroatoms. The summed E-state index contributed by atoms with van der Waals surface area (Å²) in [6.45, 7) is 8.79. The Morgan fingerprint density at radius 3 is 2.33 bits per heavy atom. The Bertz CT molecular complexity index is 752. The maximum atomic E-state index is 12.7. The van der Waals surface area contributed by atoms with Gasteiger partial charge < -0.3 is 9.76 Å². The molecule has 1 radical (unpaired) electrons. The molecular weight excluding hydrogens is 358 g/mol. The molecule has 2 rings (SSSR count). The maximum absolute atomic E-state index is 12.7. The van der Waals surface area contributed by atoms with E-state index >= 15 is 0 Å². The van der Waals surface area contributed by atoms with E-state index in [2.05, 4.69) is 10.1 Å². The van der Waals surface area contributed by atoms with Crippen LogP contribution >= 0.6 is 0 Å². The first kappa shape index (κ1) is 21.4. The fraction of sp³-hybridized carbons (Fsp3) is 0.556. The molecule has 0 amide bonds. The van der Waals surface area contributed by atoms with Crippen LogP contribution in [0.25, 0.3) is 0 Å². The first-order chi connectivity index (χ1) is 12.3. The lowest BCUT2D eigenvalue weighted by atomic mass is 9.84. The second kappa shape index (κ2) is 7.63. The van der Waals surface area contributed by atoms with Gasteiger partial charge in [-0.3, -0.25) is 9.67 Å². The van der Waals surface area contributed by atoms with Crippen LogP contribution in [0.2, 0.25) is 0 Å². The second-order valence-electron chi connectivity index (χ2n) is 7.46. The zero-order chi connectivity index (χ0) is 20.5. The summed E-state index contributed by atoms with van der Waals surface area (Å²) in [7, 11) is 1.51. The molecule has 1 N–H and O–H groups in total. The topological polar surface area (TPSA) is 60.2 Å². The van der Waals surface area contributed by atoms with E-state index in [0.29, 0.717) is 17.4 Å². The van der Waals surface area contributed by atoms with Gasteiger partial charge in [-0.2, -0.15) is 18.3 Å². The highest BCUT2D eigenvalue weighted by Gasteiger charge is 2.36. The van der Waals surface area contributed by atoms with E-state index in [1.165, 1.54) is 19.7 Å². The molecule has 0 saturated carbocycles. The van der Waals surface area contributed by atoms with Gasteiger partial charge in [0, 0.05) is 18.6 Å². The van der Waals surface area contributed by atoms with Crippen LogP contribution in [0.4, 0.5) is 13.2 Å². The lowest BCUT2D eigenvalue weighted by Crippen LogP contribution is -2.49. The lowest BCUT2D eigenvalue weighted by Gasteiger charge is -2.37. The van der Waals surface area contributed by atoms with Crippen molar-refractivity contribution < 1.29 is 22.9 Å². The highest BCUT2D eigenvalue weighted by molar-refractivity contribution is 6.46. The molecule has 0 aliphatic heterocycles. The number of hydrogen-bond donors (Lipinski definition) is 1. The highest BCUT2D eigenvalue weighted by atomic mass is 19.4. The van der Waals surface area contributed by atoms with Crippen molar-refractivity contribution in [3.05, 3.63) is 42.0 Å². The van der Waals surface area contributed by atoms with Crippen LogP contribution in [0.5, 0.6) is 0 Å². The average Bonchev–Trinajstić information content (AvgIpc) is 3.01. The summed E-state index contributed by atoms with van der Waals surface area (Å²) in [5.74, 6) is 0. The van der Waals surface area contributed by atoms with Gasteiger partial charge in [-0.25, -0.2) is 0 Å². The molecule has 2 heterocycles. The number of aliphatic hydroxyl groups is 1. The van der Waals surface area contributed by atoms with Gasteiger partial charge in [0.15, 0.2) is 0 Å². The minimum absolute atomic E-state index is 0.246. The first-order valence-electron chi connectivity index (χ1n) is 8.66. The minimum Gasteiger partial charge on any atom is -0.427 e. The Kier molecular flexibility index (Phi) is 6.06. The summed E-state index contributed by atoms with van der Waals surface area (Å²) in [5, 5.41) is 14.4. The van der Waals surface area contributed by atoms with Crippen LogP contribution in [-0.2, 0) is 10.8 Å². The van der Waals surface area contributed by atoms with E-state index in [0.717, 1.165) is 6.07 Å². The first-order valence-corrected chi connectivity index (χ1v) is 8.66.